The molecule has 4 nitrogen and oxygen atoms in total. The molecule has 0 saturated carbocycles. The molecule has 1 atom stereocenters. The molecule has 0 aliphatic heterocycles. The molecule has 0 aliphatic rings. The average Bonchev–Trinajstić information content (AvgIpc) is 2.36. The minimum absolute atomic E-state index is 0.0457. The fraction of sp³-hybridized carbons (Fsp3) is 0.538. The summed E-state index contributed by atoms with van der Waals surface area (Å²) in [4.78, 5) is 22.1. The third-order valence-corrected chi connectivity index (χ3v) is 4.71. The first-order valence-corrected chi connectivity index (χ1v) is 7.98. The van der Waals surface area contributed by atoms with Crippen molar-refractivity contribution in [3.8, 4) is 0 Å². The van der Waals surface area contributed by atoms with Crippen LogP contribution in [0, 0.1) is 0 Å². The fourth-order valence-corrected chi connectivity index (χ4v) is 2.93. The van der Waals surface area contributed by atoms with Crippen LogP contribution in [0.25, 0.3) is 0 Å². The number of carbonyl (C=O) groups is 2. The Kier molecular flexibility index (Phi) is 8.91. The van der Waals surface area contributed by atoms with E-state index < -0.39 is 15.5 Å². The van der Waals surface area contributed by atoms with Crippen molar-refractivity contribution in [1.29, 1.82) is 0 Å². The highest BCUT2D eigenvalue weighted by Gasteiger charge is 2.13. The molecule has 0 rings (SSSR count). The van der Waals surface area contributed by atoms with Crippen molar-refractivity contribution in [2.75, 3.05) is 6.61 Å². The quantitative estimate of drug-likeness (QED) is 0.276. The van der Waals surface area contributed by atoms with Crippen LogP contribution in [0.1, 0.15) is 26.7 Å². The van der Waals surface area contributed by atoms with E-state index >= 15 is 0 Å². The molecule has 102 valence electrons. The Balaban J connectivity index is 3.74. The number of carbonyl (C=O) groups excluding carboxylic acids is 2. The second-order valence-electron chi connectivity index (χ2n) is 4.08. The smallest absolute Gasteiger partial charge is 0.333 e. The van der Waals surface area contributed by atoms with Gasteiger partial charge in [-0.15, -0.1) is 0 Å². The Hall–Kier alpha value is -1.36. The van der Waals surface area contributed by atoms with Gasteiger partial charge in [0.25, 0.3) is 0 Å². The number of hydrogen-bond donors (Lipinski definition) is 0. The molecular weight excluding hydrogens is 248 g/mol. The summed E-state index contributed by atoms with van der Waals surface area (Å²) in [6.07, 6.45) is 2.80. The van der Waals surface area contributed by atoms with E-state index in [1.54, 1.807) is 6.92 Å². The number of hydrogen-bond acceptors (Lipinski definition) is 4. The van der Waals surface area contributed by atoms with Gasteiger partial charge in [0, 0.05) is 11.6 Å². The Morgan fingerprint density at radius 2 is 2.11 bits per heavy atom. The molecule has 18 heavy (non-hydrogen) atoms. The van der Waals surface area contributed by atoms with E-state index in [2.05, 4.69) is 13.2 Å². The number of esters is 2. The summed E-state index contributed by atoms with van der Waals surface area (Å²) >= 11 is 0. The molecule has 1 unspecified atom stereocenters. The normalized spacial score (nSPS) is 12.1. The van der Waals surface area contributed by atoms with Gasteiger partial charge in [0.1, 0.15) is 0 Å². The molecule has 0 fully saturated rings. The van der Waals surface area contributed by atoms with Crippen molar-refractivity contribution in [2.45, 2.75) is 38.5 Å². The van der Waals surface area contributed by atoms with Gasteiger partial charge in [-0.05, 0) is 19.8 Å². The third kappa shape index (κ3) is 7.84. The van der Waals surface area contributed by atoms with Crippen LogP contribution in [-0.4, -0.2) is 33.8 Å². The largest absolute Gasteiger partial charge is 0.464 e. The Morgan fingerprint density at radius 1 is 1.44 bits per heavy atom. The highest BCUT2D eigenvalue weighted by atomic mass is 28.2. The van der Waals surface area contributed by atoms with Gasteiger partial charge in [0.15, 0.2) is 0 Å². The molecule has 0 bridgehead atoms. The lowest BCUT2D eigenvalue weighted by molar-refractivity contribution is -0.141. The average molecular weight is 270 g/mol. The molecule has 0 saturated heterocycles. The van der Waals surface area contributed by atoms with E-state index in [1.165, 1.54) is 0 Å². The first-order valence-electron chi connectivity index (χ1n) is 6.16. The second kappa shape index (κ2) is 9.64. The van der Waals surface area contributed by atoms with Crippen LogP contribution < -0.4 is 0 Å². The third-order valence-electron chi connectivity index (χ3n) is 2.41. The van der Waals surface area contributed by atoms with Crippen molar-refractivity contribution in [3.63, 3.8) is 0 Å². The maximum absolute atomic E-state index is 11.3. The van der Waals surface area contributed by atoms with E-state index in [9.17, 15) is 9.59 Å². The topological polar surface area (TPSA) is 52.6 Å². The van der Waals surface area contributed by atoms with E-state index in [0.717, 1.165) is 25.0 Å². The van der Waals surface area contributed by atoms with Gasteiger partial charge in [-0.1, -0.05) is 26.1 Å². The summed E-state index contributed by atoms with van der Waals surface area (Å²) in [5.74, 6) is -0.704. The van der Waals surface area contributed by atoms with Crippen LogP contribution in [0.5, 0.6) is 0 Å². The van der Waals surface area contributed by atoms with Crippen molar-refractivity contribution in [2.24, 2.45) is 0 Å². The standard InChI is InChI=1S/C13H22O4Si/c1-5-11(14)16-8-7-9-18-12(6-2)17-13(15)10(3)4/h5,12H,1,3,6-9,18H2,2,4H3. The summed E-state index contributed by atoms with van der Waals surface area (Å²) < 4.78 is 10.2. The SMILES string of the molecule is C=CC(=O)OCCC[SiH2]C(CC)OC(=O)C(=C)C. The van der Waals surface area contributed by atoms with Gasteiger partial charge in [-0.2, -0.15) is 0 Å². The van der Waals surface area contributed by atoms with Crippen LogP contribution >= 0.6 is 0 Å². The van der Waals surface area contributed by atoms with Gasteiger partial charge in [-0.25, -0.2) is 9.59 Å². The molecule has 0 amide bonds. The molecule has 0 radical (unpaired) electrons. The van der Waals surface area contributed by atoms with Crippen LogP contribution in [0.15, 0.2) is 24.8 Å². The van der Waals surface area contributed by atoms with E-state index in [1.807, 2.05) is 6.92 Å². The summed E-state index contributed by atoms with van der Waals surface area (Å²) in [7, 11) is -0.502. The first kappa shape index (κ1) is 16.6. The fourth-order valence-electron chi connectivity index (χ4n) is 1.30. The summed E-state index contributed by atoms with van der Waals surface area (Å²) in [6.45, 7) is 10.9. The van der Waals surface area contributed by atoms with Crippen molar-refractivity contribution in [3.05, 3.63) is 24.8 Å². The maximum Gasteiger partial charge on any atom is 0.333 e. The summed E-state index contributed by atoms with van der Waals surface area (Å²) in [5, 5.41) is 0. The second-order valence-corrected chi connectivity index (χ2v) is 6.28. The highest BCUT2D eigenvalue weighted by molar-refractivity contribution is 6.37. The lowest BCUT2D eigenvalue weighted by Gasteiger charge is -2.15. The maximum atomic E-state index is 11.3. The van der Waals surface area contributed by atoms with Gasteiger partial charge < -0.3 is 9.47 Å². The van der Waals surface area contributed by atoms with Gasteiger partial charge in [-0.3, -0.25) is 0 Å². The molecule has 5 heteroatoms. The lowest BCUT2D eigenvalue weighted by atomic mass is 10.4. The molecule has 0 aromatic carbocycles. The molecule has 0 aromatic rings. The lowest BCUT2D eigenvalue weighted by Crippen LogP contribution is -2.24. The number of rotatable bonds is 9. The van der Waals surface area contributed by atoms with E-state index in [-0.39, 0.29) is 11.7 Å². The molecule has 0 aliphatic carbocycles. The molecule has 0 N–H and O–H groups in total. The Labute approximate surface area is 111 Å². The van der Waals surface area contributed by atoms with Crippen LogP contribution in [-0.2, 0) is 19.1 Å². The summed E-state index contributed by atoms with van der Waals surface area (Å²) in [6, 6.07) is 0.979. The predicted octanol–water partition coefficient (Wildman–Crippen LogP) is 1.55. The zero-order valence-corrected chi connectivity index (χ0v) is 12.7. The molecule has 0 spiro atoms. The van der Waals surface area contributed by atoms with Crippen molar-refractivity contribution >= 4 is 21.5 Å². The highest BCUT2D eigenvalue weighted by Crippen LogP contribution is 2.04. The van der Waals surface area contributed by atoms with Crippen LogP contribution in [0.2, 0.25) is 6.04 Å². The summed E-state index contributed by atoms with van der Waals surface area (Å²) in [5.41, 5.74) is 0.478. The Bertz CT molecular complexity index is 312. The van der Waals surface area contributed by atoms with Gasteiger partial charge >= 0.3 is 11.9 Å². The van der Waals surface area contributed by atoms with Crippen molar-refractivity contribution < 1.29 is 19.1 Å². The molecular formula is C13H22O4Si. The van der Waals surface area contributed by atoms with Crippen LogP contribution in [0.3, 0.4) is 0 Å². The zero-order chi connectivity index (χ0) is 14.0. The van der Waals surface area contributed by atoms with E-state index in [4.69, 9.17) is 9.47 Å². The van der Waals surface area contributed by atoms with Crippen molar-refractivity contribution in [1.82, 2.24) is 0 Å². The molecule has 0 aromatic heterocycles. The van der Waals surface area contributed by atoms with E-state index in [0.29, 0.717) is 12.2 Å². The van der Waals surface area contributed by atoms with Crippen LogP contribution in [0.4, 0.5) is 0 Å². The first-order chi connectivity index (χ1) is 8.51. The van der Waals surface area contributed by atoms with Gasteiger partial charge in [0.2, 0.25) is 0 Å². The monoisotopic (exact) mass is 270 g/mol. The predicted molar refractivity (Wildman–Crippen MR) is 74.1 cm³/mol. The van der Waals surface area contributed by atoms with Gasteiger partial charge in [0.05, 0.1) is 21.9 Å². The number of ether oxygens (including phenoxy) is 2. The minimum Gasteiger partial charge on any atom is -0.464 e. The molecule has 0 heterocycles. The zero-order valence-electron chi connectivity index (χ0n) is 11.2. The minimum atomic E-state index is -0.502. The Morgan fingerprint density at radius 3 is 2.61 bits per heavy atom.